The molecule has 3 nitrogen and oxygen atoms in total. The van der Waals surface area contributed by atoms with Crippen molar-refractivity contribution in [2.45, 2.75) is 53.1 Å². The van der Waals surface area contributed by atoms with Crippen molar-refractivity contribution in [1.82, 2.24) is 4.98 Å². The van der Waals surface area contributed by atoms with E-state index in [2.05, 4.69) is 24.1 Å². The molecule has 0 unspecified atom stereocenters. The largest absolute Gasteiger partial charge is 0.487 e. The van der Waals surface area contributed by atoms with Gasteiger partial charge in [-0.25, -0.2) is 4.98 Å². The van der Waals surface area contributed by atoms with Crippen LogP contribution < -0.4 is 10.1 Å². The second-order valence-corrected chi connectivity index (χ2v) is 5.33. The first-order valence-corrected chi connectivity index (χ1v) is 6.95. The van der Waals surface area contributed by atoms with E-state index in [0.29, 0.717) is 0 Å². The van der Waals surface area contributed by atoms with Gasteiger partial charge in [0, 0.05) is 12.7 Å². The van der Waals surface area contributed by atoms with Crippen molar-refractivity contribution in [1.29, 1.82) is 0 Å². The standard InChI is InChI=1S/C15H26N2O/c1-12(2)8-5-6-10-16-15-14(18-13(3)4)9-7-11-17-15/h7,9,11-13H,5-6,8,10H2,1-4H3,(H,16,17). The molecule has 1 rings (SSSR count). The van der Waals surface area contributed by atoms with Gasteiger partial charge in [-0.05, 0) is 38.3 Å². The molecular formula is C15H26N2O. The molecule has 0 aliphatic rings. The van der Waals surface area contributed by atoms with E-state index in [-0.39, 0.29) is 6.10 Å². The SMILES string of the molecule is CC(C)CCCCNc1ncccc1OC(C)C. The Morgan fingerprint density at radius 3 is 2.67 bits per heavy atom. The van der Waals surface area contributed by atoms with Gasteiger partial charge in [-0.2, -0.15) is 0 Å². The van der Waals surface area contributed by atoms with E-state index >= 15 is 0 Å². The van der Waals surface area contributed by atoms with Crippen molar-refractivity contribution in [2.75, 3.05) is 11.9 Å². The van der Waals surface area contributed by atoms with Crippen LogP contribution in [0.25, 0.3) is 0 Å². The molecular weight excluding hydrogens is 224 g/mol. The second kappa shape index (κ2) is 7.96. The summed E-state index contributed by atoms with van der Waals surface area (Å²) in [5.74, 6) is 2.49. The Morgan fingerprint density at radius 1 is 1.22 bits per heavy atom. The number of unbranched alkanes of at least 4 members (excludes halogenated alkanes) is 1. The zero-order valence-electron chi connectivity index (χ0n) is 12.1. The Morgan fingerprint density at radius 2 is 2.00 bits per heavy atom. The molecule has 0 amide bonds. The van der Waals surface area contributed by atoms with Crippen LogP contribution in [0, 0.1) is 5.92 Å². The Labute approximate surface area is 111 Å². The number of hydrogen-bond acceptors (Lipinski definition) is 3. The average Bonchev–Trinajstić information content (AvgIpc) is 2.29. The predicted molar refractivity (Wildman–Crippen MR) is 77.2 cm³/mol. The van der Waals surface area contributed by atoms with E-state index in [1.165, 1.54) is 19.3 Å². The molecule has 0 aliphatic carbocycles. The third kappa shape index (κ3) is 5.89. The lowest BCUT2D eigenvalue weighted by atomic mass is 10.1. The van der Waals surface area contributed by atoms with Gasteiger partial charge < -0.3 is 10.1 Å². The number of nitrogens with zero attached hydrogens (tertiary/aromatic N) is 1. The van der Waals surface area contributed by atoms with E-state index in [9.17, 15) is 0 Å². The normalized spacial score (nSPS) is 11.0. The minimum atomic E-state index is 0.177. The van der Waals surface area contributed by atoms with E-state index in [1.807, 2.05) is 26.0 Å². The van der Waals surface area contributed by atoms with Crippen molar-refractivity contribution in [3.05, 3.63) is 18.3 Å². The monoisotopic (exact) mass is 250 g/mol. The van der Waals surface area contributed by atoms with Crippen LogP contribution in [0.1, 0.15) is 47.0 Å². The third-order valence-corrected chi connectivity index (χ3v) is 2.63. The van der Waals surface area contributed by atoms with Crippen LogP contribution in [0.5, 0.6) is 5.75 Å². The molecule has 102 valence electrons. The molecule has 0 aromatic carbocycles. The summed E-state index contributed by atoms with van der Waals surface area (Å²) >= 11 is 0. The molecule has 0 radical (unpaired) electrons. The molecule has 1 aromatic rings. The van der Waals surface area contributed by atoms with Gasteiger partial charge in [0.25, 0.3) is 0 Å². The number of ether oxygens (including phenoxy) is 1. The van der Waals surface area contributed by atoms with Crippen LogP contribution in [0.2, 0.25) is 0 Å². The summed E-state index contributed by atoms with van der Waals surface area (Å²) in [6, 6.07) is 3.87. The van der Waals surface area contributed by atoms with Crippen molar-refractivity contribution in [2.24, 2.45) is 5.92 Å². The summed E-state index contributed by atoms with van der Waals surface area (Å²) in [4.78, 5) is 4.33. The molecule has 0 spiro atoms. The predicted octanol–water partition coefficient (Wildman–Crippen LogP) is 4.11. The van der Waals surface area contributed by atoms with Crippen molar-refractivity contribution < 1.29 is 4.74 Å². The van der Waals surface area contributed by atoms with Crippen LogP contribution in [-0.4, -0.2) is 17.6 Å². The lowest BCUT2D eigenvalue weighted by Crippen LogP contribution is -2.10. The van der Waals surface area contributed by atoms with Gasteiger partial charge in [0.1, 0.15) is 0 Å². The topological polar surface area (TPSA) is 34.2 Å². The fourth-order valence-corrected chi connectivity index (χ4v) is 1.76. The number of pyridine rings is 1. The second-order valence-electron chi connectivity index (χ2n) is 5.33. The molecule has 3 heteroatoms. The summed E-state index contributed by atoms with van der Waals surface area (Å²) in [5, 5.41) is 3.36. The summed E-state index contributed by atoms with van der Waals surface area (Å²) in [6.45, 7) is 9.54. The van der Waals surface area contributed by atoms with Gasteiger partial charge >= 0.3 is 0 Å². The van der Waals surface area contributed by atoms with Crippen LogP contribution in [-0.2, 0) is 0 Å². The summed E-state index contributed by atoms with van der Waals surface area (Å²) in [5.41, 5.74) is 0. The zero-order valence-corrected chi connectivity index (χ0v) is 12.1. The first-order valence-electron chi connectivity index (χ1n) is 6.95. The Hall–Kier alpha value is -1.25. The van der Waals surface area contributed by atoms with E-state index in [0.717, 1.165) is 24.0 Å². The smallest absolute Gasteiger partial charge is 0.168 e. The number of rotatable bonds is 8. The van der Waals surface area contributed by atoms with Gasteiger partial charge in [0.05, 0.1) is 6.10 Å². The molecule has 18 heavy (non-hydrogen) atoms. The Kier molecular flexibility index (Phi) is 6.55. The van der Waals surface area contributed by atoms with Gasteiger partial charge in [-0.1, -0.05) is 26.7 Å². The van der Waals surface area contributed by atoms with Gasteiger partial charge in [0.15, 0.2) is 11.6 Å². The van der Waals surface area contributed by atoms with Crippen LogP contribution in [0.4, 0.5) is 5.82 Å². The molecule has 1 heterocycles. The van der Waals surface area contributed by atoms with Crippen molar-refractivity contribution in [3.63, 3.8) is 0 Å². The minimum Gasteiger partial charge on any atom is -0.487 e. The Bertz CT molecular complexity index is 337. The molecule has 1 aromatic heterocycles. The van der Waals surface area contributed by atoms with E-state index in [1.54, 1.807) is 6.20 Å². The lowest BCUT2D eigenvalue weighted by molar-refractivity contribution is 0.243. The molecule has 0 bridgehead atoms. The number of anilines is 1. The van der Waals surface area contributed by atoms with Crippen molar-refractivity contribution >= 4 is 5.82 Å². The fourth-order valence-electron chi connectivity index (χ4n) is 1.76. The van der Waals surface area contributed by atoms with Crippen LogP contribution in [0.3, 0.4) is 0 Å². The number of nitrogens with one attached hydrogen (secondary N) is 1. The quantitative estimate of drug-likeness (QED) is 0.705. The van der Waals surface area contributed by atoms with Gasteiger partial charge in [0.2, 0.25) is 0 Å². The lowest BCUT2D eigenvalue weighted by Gasteiger charge is -2.14. The molecule has 0 saturated heterocycles. The molecule has 0 atom stereocenters. The Balaban J connectivity index is 2.37. The molecule has 0 fully saturated rings. The average molecular weight is 250 g/mol. The number of hydrogen-bond donors (Lipinski definition) is 1. The van der Waals surface area contributed by atoms with Crippen LogP contribution in [0.15, 0.2) is 18.3 Å². The summed E-state index contributed by atoms with van der Waals surface area (Å²) in [7, 11) is 0. The zero-order chi connectivity index (χ0) is 13.4. The van der Waals surface area contributed by atoms with Crippen molar-refractivity contribution in [3.8, 4) is 5.75 Å². The highest BCUT2D eigenvalue weighted by molar-refractivity contribution is 5.49. The first kappa shape index (κ1) is 14.8. The van der Waals surface area contributed by atoms with Gasteiger partial charge in [-0.15, -0.1) is 0 Å². The van der Waals surface area contributed by atoms with E-state index in [4.69, 9.17) is 4.74 Å². The summed E-state index contributed by atoms with van der Waals surface area (Å²) in [6.07, 6.45) is 5.70. The van der Waals surface area contributed by atoms with Crippen LogP contribution >= 0.6 is 0 Å². The maximum absolute atomic E-state index is 5.72. The van der Waals surface area contributed by atoms with Gasteiger partial charge in [-0.3, -0.25) is 0 Å². The highest BCUT2D eigenvalue weighted by Crippen LogP contribution is 2.22. The molecule has 0 saturated carbocycles. The highest BCUT2D eigenvalue weighted by Gasteiger charge is 2.05. The maximum Gasteiger partial charge on any atom is 0.168 e. The fraction of sp³-hybridized carbons (Fsp3) is 0.667. The maximum atomic E-state index is 5.72. The number of aromatic nitrogens is 1. The first-order chi connectivity index (χ1) is 8.59. The minimum absolute atomic E-state index is 0.177. The molecule has 0 aliphatic heterocycles. The molecule has 1 N–H and O–H groups in total. The van der Waals surface area contributed by atoms with E-state index < -0.39 is 0 Å². The summed E-state index contributed by atoms with van der Waals surface area (Å²) < 4.78 is 5.72. The highest BCUT2D eigenvalue weighted by atomic mass is 16.5. The third-order valence-electron chi connectivity index (χ3n) is 2.63.